The van der Waals surface area contributed by atoms with Gasteiger partial charge in [0.05, 0.1) is 18.8 Å². The van der Waals surface area contributed by atoms with Crippen LogP contribution in [0.25, 0.3) is 0 Å². The number of aliphatic hydroxyl groups is 1. The van der Waals surface area contributed by atoms with E-state index in [0.29, 0.717) is 11.6 Å². The number of aliphatic hydroxyl groups excluding tert-OH is 1. The monoisotopic (exact) mass is 303 g/mol. The number of fused-ring (bicyclic) bond motifs is 1. The van der Waals surface area contributed by atoms with Gasteiger partial charge in [-0.1, -0.05) is 42.8 Å². The largest absolute Gasteiger partial charge is 0.493 e. The van der Waals surface area contributed by atoms with Crippen molar-refractivity contribution in [1.82, 2.24) is 0 Å². The van der Waals surface area contributed by atoms with Crippen LogP contribution in [0.15, 0.2) is 48.5 Å². The van der Waals surface area contributed by atoms with Crippen molar-refractivity contribution in [3.63, 3.8) is 0 Å². The summed E-state index contributed by atoms with van der Waals surface area (Å²) in [5.74, 6) is 0.940. The molecule has 0 aromatic heterocycles. The third-order valence-electron chi connectivity index (χ3n) is 4.14. The first kappa shape index (κ1) is 14.2. The van der Waals surface area contributed by atoms with E-state index in [-0.39, 0.29) is 12.5 Å². The van der Waals surface area contributed by atoms with Crippen molar-refractivity contribution < 1.29 is 9.84 Å². The van der Waals surface area contributed by atoms with E-state index < -0.39 is 5.54 Å². The molecule has 3 rings (SSSR count). The third-order valence-corrected chi connectivity index (χ3v) is 4.37. The minimum atomic E-state index is -0.570. The molecule has 2 aromatic rings. The smallest absolute Gasteiger partial charge is 0.124 e. The summed E-state index contributed by atoms with van der Waals surface area (Å²) < 4.78 is 5.78. The highest BCUT2D eigenvalue weighted by Crippen LogP contribution is 2.42. The van der Waals surface area contributed by atoms with Gasteiger partial charge in [-0.05, 0) is 24.3 Å². The fraction of sp³-hybridized carbons (Fsp3) is 0.294. The number of para-hydroxylation sites is 1. The molecule has 1 aliphatic rings. The average molecular weight is 304 g/mol. The van der Waals surface area contributed by atoms with Gasteiger partial charge in [0.15, 0.2) is 0 Å². The van der Waals surface area contributed by atoms with Crippen LogP contribution in [-0.2, 0) is 5.54 Å². The SMILES string of the molecule is CC1COc2ccccc2C1(CO)Nc1cccc(Cl)c1. The highest BCUT2D eigenvalue weighted by atomic mass is 35.5. The Balaban J connectivity index is 2.06. The second kappa shape index (κ2) is 5.58. The van der Waals surface area contributed by atoms with Gasteiger partial charge in [0.1, 0.15) is 5.75 Å². The lowest BCUT2D eigenvalue weighted by Crippen LogP contribution is -2.49. The number of halogens is 1. The molecule has 2 N–H and O–H groups in total. The molecule has 0 saturated heterocycles. The van der Waals surface area contributed by atoms with Gasteiger partial charge in [0.2, 0.25) is 0 Å². The van der Waals surface area contributed by atoms with Crippen molar-refractivity contribution in [3.8, 4) is 5.75 Å². The Labute approximate surface area is 129 Å². The highest BCUT2D eigenvalue weighted by molar-refractivity contribution is 6.30. The van der Waals surface area contributed by atoms with Crippen LogP contribution in [0, 0.1) is 5.92 Å². The highest BCUT2D eigenvalue weighted by Gasteiger charge is 2.43. The van der Waals surface area contributed by atoms with E-state index in [0.717, 1.165) is 17.0 Å². The van der Waals surface area contributed by atoms with Crippen LogP contribution in [0.4, 0.5) is 5.69 Å². The minimum Gasteiger partial charge on any atom is -0.493 e. The van der Waals surface area contributed by atoms with Gasteiger partial charge in [-0.15, -0.1) is 0 Å². The van der Waals surface area contributed by atoms with Crippen LogP contribution in [0.2, 0.25) is 5.02 Å². The second-order valence-corrected chi connectivity index (χ2v) is 5.91. The van der Waals surface area contributed by atoms with Crippen LogP contribution in [0.5, 0.6) is 5.75 Å². The van der Waals surface area contributed by atoms with Crippen LogP contribution in [0.1, 0.15) is 12.5 Å². The van der Waals surface area contributed by atoms with Crippen molar-refractivity contribution in [2.24, 2.45) is 5.92 Å². The van der Waals surface area contributed by atoms with Gasteiger partial charge >= 0.3 is 0 Å². The van der Waals surface area contributed by atoms with E-state index in [4.69, 9.17) is 16.3 Å². The Bertz CT molecular complexity index is 646. The molecule has 110 valence electrons. The summed E-state index contributed by atoms with van der Waals surface area (Å²) in [5.41, 5.74) is 1.30. The molecular formula is C17H18ClNO2. The fourth-order valence-electron chi connectivity index (χ4n) is 2.88. The zero-order valence-electron chi connectivity index (χ0n) is 11.8. The second-order valence-electron chi connectivity index (χ2n) is 5.47. The van der Waals surface area contributed by atoms with Gasteiger partial charge in [-0.2, -0.15) is 0 Å². The molecule has 0 amide bonds. The number of anilines is 1. The first-order valence-electron chi connectivity index (χ1n) is 7.02. The molecule has 0 fully saturated rings. The van der Waals surface area contributed by atoms with Crippen molar-refractivity contribution in [1.29, 1.82) is 0 Å². The molecule has 2 aromatic carbocycles. The quantitative estimate of drug-likeness (QED) is 0.909. The van der Waals surface area contributed by atoms with Crippen molar-refractivity contribution in [2.75, 3.05) is 18.5 Å². The molecule has 0 saturated carbocycles. The van der Waals surface area contributed by atoms with Crippen LogP contribution in [0.3, 0.4) is 0 Å². The Kier molecular flexibility index (Phi) is 3.79. The lowest BCUT2D eigenvalue weighted by molar-refractivity contribution is 0.0995. The van der Waals surface area contributed by atoms with E-state index in [1.807, 2.05) is 48.5 Å². The van der Waals surface area contributed by atoms with E-state index >= 15 is 0 Å². The summed E-state index contributed by atoms with van der Waals surface area (Å²) in [6, 6.07) is 15.4. The maximum absolute atomic E-state index is 10.1. The summed E-state index contributed by atoms with van der Waals surface area (Å²) in [7, 11) is 0. The normalized spacial score (nSPS) is 24.0. The maximum Gasteiger partial charge on any atom is 0.124 e. The molecule has 0 radical (unpaired) electrons. The Hall–Kier alpha value is -1.71. The number of rotatable bonds is 3. The van der Waals surface area contributed by atoms with E-state index in [2.05, 4.69) is 12.2 Å². The zero-order valence-corrected chi connectivity index (χ0v) is 12.6. The molecular weight excluding hydrogens is 286 g/mol. The van der Waals surface area contributed by atoms with Crippen molar-refractivity contribution >= 4 is 17.3 Å². The van der Waals surface area contributed by atoms with Gasteiger partial charge in [0, 0.05) is 22.2 Å². The van der Waals surface area contributed by atoms with Gasteiger partial charge in [-0.25, -0.2) is 0 Å². The van der Waals surface area contributed by atoms with Crippen LogP contribution < -0.4 is 10.1 Å². The van der Waals surface area contributed by atoms with E-state index in [1.165, 1.54) is 0 Å². The van der Waals surface area contributed by atoms with Gasteiger partial charge in [-0.3, -0.25) is 0 Å². The zero-order chi connectivity index (χ0) is 14.9. The molecule has 21 heavy (non-hydrogen) atoms. The third kappa shape index (κ3) is 2.47. The molecule has 2 atom stereocenters. The first-order valence-corrected chi connectivity index (χ1v) is 7.40. The number of benzene rings is 2. The fourth-order valence-corrected chi connectivity index (χ4v) is 3.07. The molecule has 1 aliphatic heterocycles. The number of hydrogen-bond donors (Lipinski definition) is 2. The Morgan fingerprint density at radius 2 is 2.10 bits per heavy atom. The van der Waals surface area contributed by atoms with Crippen molar-refractivity contribution in [2.45, 2.75) is 12.5 Å². The summed E-state index contributed by atoms with van der Waals surface area (Å²) in [6.45, 7) is 2.62. The van der Waals surface area contributed by atoms with E-state index in [9.17, 15) is 5.11 Å². The molecule has 2 unspecified atom stereocenters. The molecule has 0 bridgehead atoms. The predicted molar refractivity (Wildman–Crippen MR) is 84.9 cm³/mol. The summed E-state index contributed by atoms with van der Waals surface area (Å²) in [4.78, 5) is 0. The topological polar surface area (TPSA) is 41.5 Å². The lowest BCUT2D eigenvalue weighted by Gasteiger charge is -2.43. The number of nitrogens with one attached hydrogen (secondary N) is 1. The molecule has 0 spiro atoms. The lowest BCUT2D eigenvalue weighted by atomic mass is 9.77. The van der Waals surface area contributed by atoms with Crippen LogP contribution >= 0.6 is 11.6 Å². The first-order chi connectivity index (χ1) is 10.2. The number of ether oxygens (including phenoxy) is 1. The Morgan fingerprint density at radius 1 is 1.29 bits per heavy atom. The molecule has 4 heteroatoms. The Morgan fingerprint density at radius 3 is 2.86 bits per heavy atom. The standard InChI is InChI=1S/C17H18ClNO2/c1-12-10-21-16-8-3-2-7-15(16)17(12,11-20)19-14-6-4-5-13(18)9-14/h2-9,12,19-20H,10-11H2,1H3. The average Bonchev–Trinajstić information content (AvgIpc) is 2.50. The molecule has 3 nitrogen and oxygen atoms in total. The number of hydrogen-bond acceptors (Lipinski definition) is 3. The summed E-state index contributed by atoms with van der Waals surface area (Å²) >= 11 is 6.06. The molecule has 0 aliphatic carbocycles. The minimum absolute atomic E-state index is 0.0128. The van der Waals surface area contributed by atoms with Gasteiger partial charge in [0.25, 0.3) is 0 Å². The van der Waals surface area contributed by atoms with E-state index in [1.54, 1.807) is 0 Å². The summed E-state index contributed by atoms with van der Waals surface area (Å²) in [6.07, 6.45) is 0. The molecule has 1 heterocycles. The maximum atomic E-state index is 10.1. The summed E-state index contributed by atoms with van der Waals surface area (Å²) in [5, 5.41) is 14.3. The van der Waals surface area contributed by atoms with Crippen molar-refractivity contribution in [3.05, 3.63) is 59.1 Å². The predicted octanol–water partition coefficient (Wildman–Crippen LogP) is 3.67. The van der Waals surface area contributed by atoms with Gasteiger partial charge < -0.3 is 15.2 Å². The van der Waals surface area contributed by atoms with Crippen LogP contribution in [-0.4, -0.2) is 18.3 Å².